The molecule has 1 aliphatic carbocycles. The molecular weight excluding hydrogens is 439 g/mol. The summed E-state index contributed by atoms with van der Waals surface area (Å²) < 4.78 is 71.6. The van der Waals surface area contributed by atoms with Gasteiger partial charge in [-0.3, -0.25) is 10.0 Å². The lowest BCUT2D eigenvalue weighted by Crippen LogP contribution is -2.49. The van der Waals surface area contributed by atoms with Crippen LogP contribution in [0.15, 0.2) is 53.4 Å². The lowest BCUT2D eigenvalue weighted by Gasteiger charge is -2.33. The predicted molar refractivity (Wildman–Crippen MR) is 103 cm³/mol. The third-order valence-corrected chi connectivity index (χ3v) is 6.96. The maximum atomic E-state index is 12.8. The van der Waals surface area contributed by atoms with Gasteiger partial charge in [0.05, 0.1) is 16.2 Å². The molecule has 2 aromatic rings. The highest BCUT2D eigenvalue weighted by molar-refractivity contribution is 7.91. The van der Waals surface area contributed by atoms with Crippen LogP contribution in [0.3, 0.4) is 0 Å². The van der Waals surface area contributed by atoms with Crippen molar-refractivity contribution < 1.29 is 41.1 Å². The highest BCUT2D eigenvalue weighted by Crippen LogP contribution is 2.36. The van der Waals surface area contributed by atoms with Gasteiger partial charge in [-0.2, -0.15) is 0 Å². The smallest absolute Gasteiger partial charge is 0.457 e. The molecule has 31 heavy (non-hydrogen) atoms. The zero-order valence-electron chi connectivity index (χ0n) is 16.2. The number of hydroxylamine groups is 2. The number of hydrogen-bond donors (Lipinski definition) is 1. The molecule has 7 nitrogen and oxygen atoms in total. The minimum atomic E-state index is -4.79. The molecular formula is C20H20F3NO6S. The first-order chi connectivity index (χ1) is 14.5. The van der Waals surface area contributed by atoms with Crippen LogP contribution in [0.1, 0.15) is 25.7 Å². The molecule has 168 valence electrons. The normalized spacial score (nSPS) is 16.0. The Morgan fingerprint density at radius 3 is 1.94 bits per heavy atom. The lowest BCUT2D eigenvalue weighted by atomic mass is 10.0. The van der Waals surface area contributed by atoms with Crippen LogP contribution in [0.4, 0.5) is 13.2 Å². The predicted octanol–water partition coefficient (Wildman–Crippen LogP) is 4.31. The van der Waals surface area contributed by atoms with Gasteiger partial charge in [0.1, 0.15) is 17.2 Å². The number of carbonyl (C=O) groups is 1. The second kappa shape index (κ2) is 8.75. The summed E-state index contributed by atoms with van der Waals surface area (Å²) >= 11 is 0. The fourth-order valence-electron chi connectivity index (χ4n) is 3.58. The maximum Gasteiger partial charge on any atom is 0.573 e. The van der Waals surface area contributed by atoms with Crippen LogP contribution >= 0.6 is 0 Å². The number of ether oxygens (including phenoxy) is 2. The molecule has 3 rings (SSSR count). The third kappa shape index (κ3) is 5.67. The molecule has 0 saturated heterocycles. The molecule has 0 aromatic heterocycles. The van der Waals surface area contributed by atoms with E-state index >= 15 is 0 Å². The number of amides is 1. The second-order valence-electron chi connectivity index (χ2n) is 7.23. The first-order valence-electron chi connectivity index (χ1n) is 9.33. The quantitative estimate of drug-likeness (QED) is 0.359. The molecule has 0 bridgehead atoms. The van der Waals surface area contributed by atoms with Gasteiger partial charge in [0.2, 0.25) is 6.41 Å². The van der Waals surface area contributed by atoms with Crippen molar-refractivity contribution >= 4 is 16.2 Å². The van der Waals surface area contributed by atoms with Gasteiger partial charge in [-0.15, -0.1) is 13.2 Å². The van der Waals surface area contributed by atoms with Gasteiger partial charge in [0.15, 0.2) is 9.84 Å². The van der Waals surface area contributed by atoms with Gasteiger partial charge in [-0.1, -0.05) is 12.8 Å². The summed E-state index contributed by atoms with van der Waals surface area (Å²) in [7, 11) is -3.81. The minimum absolute atomic E-state index is 0.000603. The summed E-state index contributed by atoms with van der Waals surface area (Å²) in [5, 5.41) is 10.4. The zero-order chi connectivity index (χ0) is 22.7. The number of hydrogen-bond acceptors (Lipinski definition) is 6. The molecule has 1 aliphatic rings. The molecule has 2 aromatic carbocycles. The van der Waals surface area contributed by atoms with E-state index in [2.05, 4.69) is 4.74 Å². The molecule has 0 spiro atoms. The van der Waals surface area contributed by atoms with Crippen LogP contribution in [0.5, 0.6) is 17.2 Å². The standard InChI is InChI=1S/C20H20F3NO6S/c21-20(22,23)30-17-5-3-15(4-6-17)29-16-7-9-18(10-8-16)31(27,28)13-19(24(26)14-25)11-1-2-12-19/h3-10,14,26H,1-2,11-13H2. The van der Waals surface area contributed by atoms with Gasteiger partial charge in [-0.25, -0.2) is 13.5 Å². The lowest BCUT2D eigenvalue weighted by molar-refractivity contribution is -0.274. The van der Waals surface area contributed by atoms with Crippen molar-refractivity contribution in [3.8, 4) is 17.2 Å². The van der Waals surface area contributed by atoms with Gasteiger partial charge in [-0.05, 0) is 61.4 Å². The number of alkyl halides is 3. The summed E-state index contributed by atoms with van der Waals surface area (Å²) in [5.41, 5.74) is -1.14. The summed E-state index contributed by atoms with van der Waals surface area (Å²) in [6.45, 7) is 0. The summed E-state index contributed by atoms with van der Waals surface area (Å²) in [4.78, 5) is 11.0. The van der Waals surface area contributed by atoms with E-state index < -0.39 is 33.2 Å². The highest BCUT2D eigenvalue weighted by Gasteiger charge is 2.43. The summed E-state index contributed by atoms with van der Waals surface area (Å²) in [5.74, 6) is -0.293. The van der Waals surface area contributed by atoms with Crippen molar-refractivity contribution in [3.63, 3.8) is 0 Å². The Morgan fingerprint density at radius 1 is 0.968 bits per heavy atom. The molecule has 1 N–H and O–H groups in total. The Morgan fingerprint density at radius 2 is 1.45 bits per heavy atom. The third-order valence-electron chi connectivity index (χ3n) is 5.05. The Labute approximate surface area is 176 Å². The van der Waals surface area contributed by atoms with Gasteiger partial charge in [0, 0.05) is 0 Å². The molecule has 1 fully saturated rings. The molecule has 11 heteroatoms. The van der Waals surface area contributed by atoms with Crippen molar-refractivity contribution in [1.29, 1.82) is 0 Å². The number of halogens is 3. The first-order valence-corrected chi connectivity index (χ1v) is 11.0. The highest BCUT2D eigenvalue weighted by atomic mass is 32.2. The maximum absolute atomic E-state index is 12.8. The van der Waals surface area contributed by atoms with E-state index in [9.17, 15) is 31.6 Å². The average molecular weight is 459 g/mol. The van der Waals surface area contributed by atoms with Crippen molar-refractivity contribution in [2.45, 2.75) is 42.5 Å². The Balaban J connectivity index is 1.70. The number of carbonyl (C=O) groups excluding carboxylic acids is 1. The van der Waals surface area contributed by atoms with Crippen LogP contribution < -0.4 is 9.47 Å². The first kappa shape index (κ1) is 22.9. The van der Waals surface area contributed by atoms with Crippen molar-refractivity contribution in [2.75, 3.05) is 5.75 Å². The minimum Gasteiger partial charge on any atom is -0.457 e. The van der Waals surface area contributed by atoms with Gasteiger partial charge in [0.25, 0.3) is 0 Å². The number of rotatable bonds is 8. The van der Waals surface area contributed by atoms with Gasteiger partial charge >= 0.3 is 6.36 Å². The molecule has 0 atom stereocenters. The Kier molecular flexibility index (Phi) is 6.46. The molecule has 1 amide bonds. The summed E-state index contributed by atoms with van der Waals surface area (Å²) in [6.07, 6.45) is -2.38. The van der Waals surface area contributed by atoms with E-state index in [0.717, 1.165) is 12.1 Å². The van der Waals surface area contributed by atoms with Crippen molar-refractivity contribution in [2.24, 2.45) is 0 Å². The second-order valence-corrected chi connectivity index (χ2v) is 9.22. The number of nitrogens with zero attached hydrogens (tertiary/aromatic N) is 1. The number of sulfone groups is 1. The van der Waals surface area contributed by atoms with Crippen molar-refractivity contribution in [3.05, 3.63) is 48.5 Å². The van der Waals surface area contributed by atoms with E-state index in [0.29, 0.717) is 30.7 Å². The van der Waals surface area contributed by atoms with E-state index in [1.807, 2.05) is 0 Å². The zero-order valence-corrected chi connectivity index (χ0v) is 17.0. The van der Waals surface area contributed by atoms with E-state index in [4.69, 9.17) is 4.74 Å². The topological polar surface area (TPSA) is 93.1 Å². The van der Waals surface area contributed by atoms with Crippen LogP contribution in [-0.4, -0.2) is 42.8 Å². The van der Waals surface area contributed by atoms with Crippen LogP contribution in [0.25, 0.3) is 0 Å². The van der Waals surface area contributed by atoms with E-state index in [1.54, 1.807) is 0 Å². The SMILES string of the molecule is O=CN(O)C1(CS(=O)(=O)c2ccc(Oc3ccc(OC(F)(F)F)cc3)cc2)CCCC1. The molecule has 0 heterocycles. The molecule has 0 aliphatic heterocycles. The van der Waals surface area contributed by atoms with E-state index in [1.165, 1.54) is 36.4 Å². The molecule has 0 unspecified atom stereocenters. The van der Waals surface area contributed by atoms with Crippen LogP contribution in [-0.2, 0) is 14.6 Å². The fraction of sp³-hybridized carbons (Fsp3) is 0.350. The van der Waals surface area contributed by atoms with E-state index in [-0.39, 0.29) is 22.8 Å². The summed E-state index contributed by atoms with van der Waals surface area (Å²) in [6, 6.07) is 10.2. The molecule has 1 saturated carbocycles. The Bertz CT molecular complexity index is 1000. The number of benzene rings is 2. The average Bonchev–Trinajstić information content (AvgIpc) is 3.17. The van der Waals surface area contributed by atoms with Crippen LogP contribution in [0, 0.1) is 0 Å². The largest absolute Gasteiger partial charge is 0.573 e. The fourth-order valence-corrected chi connectivity index (χ4v) is 5.43. The molecule has 0 radical (unpaired) electrons. The Hall–Kier alpha value is -2.79. The van der Waals surface area contributed by atoms with Gasteiger partial charge < -0.3 is 9.47 Å². The monoisotopic (exact) mass is 459 g/mol. The van der Waals surface area contributed by atoms with Crippen LogP contribution in [0.2, 0.25) is 0 Å². The van der Waals surface area contributed by atoms with Crippen molar-refractivity contribution in [1.82, 2.24) is 5.06 Å².